The summed E-state index contributed by atoms with van der Waals surface area (Å²) in [5.74, 6) is 0.652. The fourth-order valence-electron chi connectivity index (χ4n) is 3.30. The average molecular weight is 439 g/mol. The third-order valence-electron chi connectivity index (χ3n) is 5.09. The number of aromatic nitrogens is 1. The maximum atomic E-state index is 12.6. The number of piperazine rings is 1. The van der Waals surface area contributed by atoms with Crippen molar-refractivity contribution in [1.29, 1.82) is 0 Å². The van der Waals surface area contributed by atoms with Gasteiger partial charge in [-0.25, -0.2) is 0 Å². The summed E-state index contributed by atoms with van der Waals surface area (Å²) in [6.45, 7) is 7.04. The molecule has 0 saturated carbocycles. The number of hydrogen-bond acceptors (Lipinski definition) is 5. The zero-order valence-corrected chi connectivity index (χ0v) is 18.0. The number of halogens is 2. The summed E-state index contributed by atoms with van der Waals surface area (Å²) in [6, 6.07) is 4.95. The van der Waals surface area contributed by atoms with Crippen LogP contribution in [0.5, 0.6) is 0 Å². The molecule has 1 aliphatic heterocycles. The monoisotopic (exact) mass is 438 g/mol. The minimum atomic E-state index is -0.119. The SMILES string of the molecule is Cc1noc(C)c1CC(=O)N1CCN(CCC(=O)Nc2cc(Cl)ccc2Cl)CC1. The molecular formula is C20H24Cl2N4O3. The Hall–Kier alpha value is -2.09. The second-order valence-electron chi connectivity index (χ2n) is 7.12. The van der Waals surface area contributed by atoms with Gasteiger partial charge in [-0.3, -0.25) is 14.5 Å². The van der Waals surface area contributed by atoms with Gasteiger partial charge in [-0.2, -0.15) is 0 Å². The highest BCUT2D eigenvalue weighted by Gasteiger charge is 2.23. The molecule has 1 aromatic carbocycles. The summed E-state index contributed by atoms with van der Waals surface area (Å²) < 4.78 is 5.13. The predicted molar refractivity (Wildman–Crippen MR) is 112 cm³/mol. The first-order valence-electron chi connectivity index (χ1n) is 9.50. The van der Waals surface area contributed by atoms with Crippen LogP contribution in [0.15, 0.2) is 22.7 Å². The molecule has 0 atom stereocenters. The lowest BCUT2D eigenvalue weighted by molar-refractivity contribution is -0.132. The number of benzene rings is 1. The molecule has 0 bridgehead atoms. The summed E-state index contributed by atoms with van der Waals surface area (Å²) in [4.78, 5) is 28.8. The first kappa shape index (κ1) is 21.6. The van der Waals surface area contributed by atoms with Gasteiger partial charge in [0.15, 0.2) is 0 Å². The Bertz CT molecular complexity index is 872. The van der Waals surface area contributed by atoms with Crippen LogP contribution in [0.1, 0.15) is 23.4 Å². The van der Waals surface area contributed by atoms with E-state index in [0.29, 0.717) is 54.0 Å². The van der Waals surface area contributed by atoms with E-state index in [1.165, 1.54) is 0 Å². The largest absolute Gasteiger partial charge is 0.361 e. The third-order valence-corrected chi connectivity index (χ3v) is 5.66. The maximum absolute atomic E-state index is 12.6. The molecule has 2 heterocycles. The van der Waals surface area contributed by atoms with Crippen LogP contribution in [-0.4, -0.2) is 59.5 Å². The molecule has 0 unspecified atom stereocenters. The molecule has 0 aliphatic carbocycles. The van der Waals surface area contributed by atoms with Gasteiger partial charge in [-0.05, 0) is 32.0 Å². The van der Waals surface area contributed by atoms with Gasteiger partial charge in [0.25, 0.3) is 0 Å². The van der Waals surface area contributed by atoms with E-state index >= 15 is 0 Å². The molecule has 1 N–H and O–H groups in total. The topological polar surface area (TPSA) is 78.7 Å². The normalized spacial score (nSPS) is 14.8. The molecule has 2 amide bonds. The number of aryl methyl sites for hydroxylation is 2. The second-order valence-corrected chi connectivity index (χ2v) is 7.97. The second kappa shape index (κ2) is 9.61. The zero-order chi connectivity index (χ0) is 21.0. The maximum Gasteiger partial charge on any atom is 0.227 e. The Balaban J connectivity index is 1.42. The highest BCUT2D eigenvalue weighted by atomic mass is 35.5. The van der Waals surface area contributed by atoms with Gasteiger partial charge in [0.1, 0.15) is 5.76 Å². The molecule has 2 aromatic rings. The lowest BCUT2D eigenvalue weighted by Gasteiger charge is -2.34. The molecule has 1 aromatic heterocycles. The number of nitrogens with one attached hydrogen (secondary N) is 1. The van der Waals surface area contributed by atoms with E-state index in [-0.39, 0.29) is 11.8 Å². The van der Waals surface area contributed by atoms with Gasteiger partial charge in [0, 0.05) is 49.7 Å². The molecule has 1 saturated heterocycles. The van der Waals surface area contributed by atoms with Crippen molar-refractivity contribution in [2.75, 3.05) is 38.0 Å². The number of rotatable bonds is 6. The summed E-state index contributed by atoms with van der Waals surface area (Å²) >= 11 is 12.0. The van der Waals surface area contributed by atoms with Crippen molar-refractivity contribution < 1.29 is 14.1 Å². The van der Waals surface area contributed by atoms with E-state index in [9.17, 15) is 9.59 Å². The van der Waals surface area contributed by atoms with E-state index in [1.807, 2.05) is 18.7 Å². The Morgan fingerprint density at radius 2 is 1.90 bits per heavy atom. The molecule has 1 aliphatic rings. The Morgan fingerprint density at radius 1 is 1.17 bits per heavy atom. The molecular weight excluding hydrogens is 415 g/mol. The van der Waals surface area contributed by atoms with Crippen molar-refractivity contribution in [3.8, 4) is 0 Å². The van der Waals surface area contributed by atoms with Crippen LogP contribution in [0.25, 0.3) is 0 Å². The molecule has 1 fully saturated rings. The van der Waals surface area contributed by atoms with E-state index in [2.05, 4.69) is 15.4 Å². The predicted octanol–water partition coefficient (Wildman–Crippen LogP) is 3.31. The molecule has 0 radical (unpaired) electrons. The molecule has 7 nitrogen and oxygen atoms in total. The molecule has 29 heavy (non-hydrogen) atoms. The van der Waals surface area contributed by atoms with E-state index in [0.717, 1.165) is 24.3 Å². The number of hydrogen-bond donors (Lipinski definition) is 1. The van der Waals surface area contributed by atoms with Gasteiger partial charge >= 0.3 is 0 Å². The van der Waals surface area contributed by atoms with Crippen molar-refractivity contribution in [3.63, 3.8) is 0 Å². The van der Waals surface area contributed by atoms with Crippen LogP contribution in [0.3, 0.4) is 0 Å². The quantitative estimate of drug-likeness (QED) is 0.747. The number of amides is 2. The van der Waals surface area contributed by atoms with Gasteiger partial charge in [0.05, 0.1) is 22.8 Å². The lowest BCUT2D eigenvalue weighted by Crippen LogP contribution is -2.49. The van der Waals surface area contributed by atoms with Crippen LogP contribution in [0.2, 0.25) is 10.0 Å². The van der Waals surface area contributed by atoms with Gasteiger partial charge in [0.2, 0.25) is 11.8 Å². The minimum absolute atomic E-state index is 0.0763. The van der Waals surface area contributed by atoms with Gasteiger partial charge < -0.3 is 14.7 Å². The summed E-state index contributed by atoms with van der Waals surface area (Å²) in [5, 5.41) is 7.66. The average Bonchev–Trinajstić information content (AvgIpc) is 3.01. The van der Waals surface area contributed by atoms with Crippen LogP contribution in [0.4, 0.5) is 5.69 Å². The Morgan fingerprint density at radius 3 is 2.55 bits per heavy atom. The minimum Gasteiger partial charge on any atom is -0.361 e. The fourth-order valence-corrected chi connectivity index (χ4v) is 3.64. The molecule has 3 rings (SSSR count). The summed E-state index contributed by atoms with van der Waals surface area (Å²) in [5.41, 5.74) is 2.15. The highest BCUT2D eigenvalue weighted by molar-refractivity contribution is 6.35. The Kier molecular flexibility index (Phi) is 7.16. The van der Waals surface area contributed by atoms with Crippen LogP contribution >= 0.6 is 23.2 Å². The smallest absolute Gasteiger partial charge is 0.227 e. The lowest BCUT2D eigenvalue weighted by atomic mass is 10.1. The van der Waals surface area contributed by atoms with Gasteiger partial charge in [-0.15, -0.1) is 0 Å². The van der Waals surface area contributed by atoms with Crippen molar-refractivity contribution in [1.82, 2.24) is 15.0 Å². The molecule has 156 valence electrons. The van der Waals surface area contributed by atoms with E-state index in [4.69, 9.17) is 27.7 Å². The summed E-state index contributed by atoms with van der Waals surface area (Å²) in [6.07, 6.45) is 0.653. The third kappa shape index (κ3) is 5.72. The van der Waals surface area contributed by atoms with Crippen LogP contribution in [0, 0.1) is 13.8 Å². The van der Waals surface area contributed by atoms with Crippen molar-refractivity contribution in [3.05, 3.63) is 45.3 Å². The Labute approximate surface area is 179 Å². The number of nitrogens with zero attached hydrogens (tertiary/aromatic N) is 3. The summed E-state index contributed by atoms with van der Waals surface area (Å²) in [7, 11) is 0. The number of carbonyl (C=O) groups excluding carboxylic acids is 2. The van der Waals surface area contributed by atoms with Crippen molar-refractivity contribution in [2.24, 2.45) is 0 Å². The number of carbonyl (C=O) groups is 2. The van der Waals surface area contributed by atoms with Crippen molar-refractivity contribution >= 4 is 40.7 Å². The first-order chi connectivity index (χ1) is 13.8. The van der Waals surface area contributed by atoms with Crippen molar-refractivity contribution in [2.45, 2.75) is 26.7 Å². The highest BCUT2D eigenvalue weighted by Crippen LogP contribution is 2.25. The molecule has 9 heteroatoms. The van der Waals surface area contributed by atoms with Crippen LogP contribution in [-0.2, 0) is 16.0 Å². The fraction of sp³-hybridized carbons (Fsp3) is 0.450. The first-order valence-corrected chi connectivity index (χ1v) is 10.3. The van der Waals surface area contributed by atoms with Crippen LogP contribution < -0.4 is 5.32 Å². The molecule has 0 spiro atoms. The van der Waals surface area contributed by atoms with E-state index < -0.39 is 0 Å². The van der Waals surface area contributed by atoms with E-state index in [1.54, 1.807) is 18.2 Å². The van der Waals surface area contributed by atoms with Gasteiger partial charge in [-0.1, -0.05) is 28.4 Å². The number of anilines is 1. The zero-order valence-electron chi connectivity index (χ0n) is 16.5. The standard InChI is InChI=1S/C20H24Cl2N4O3/c1-13-16(14(2)29-24-13)12-20(28)26-9-7-25(8-10-26)6-5-19(27)23-18-11-15(21)3-4-17(18)22/h3-4,11H,5-10,12H2,1-2H3,(H,23,27).